The van der Waals surface area contributed by atoms with Crippen LogP contribution in [-0.2, 0) is 6.54 Å². The Hall–Kier alpha value is -1.02. The normalized spacial score (nSPS) is 11.3. The minimum atomic E-state index is 0.497. The van der Waals surface area contributed by atoms with Gasteiger partial charge in [-0.3, -0.25) is 0 Å². The van der Waals surface area contributed by atoms with E-state index in [1.807, 2.05) is 6.07 Å². The van der Waals surface area contributed by atoms with E-state index < -0.39 is 0 Å². The van der Waals surface area contributed by atoms with Crippen molar-refractivity contribution < 1.29 is 0 Å². The van der Waals surface area contributed by atoms with E-state index in [0.29, 0.717) is 5.92 Å². The maximum atomic E-state index is 5.91. The quantitative estimate of drug-likeness (QED) is 0.745. The lowest BCUT2D eigenvalue weighted by Crippen LogP contribution is -2.11. The second-order valence-corrected chi connectivity index (χ2v) is 4.36. The number of anilines is 1. The maximum Gasteiger partial charge on any atom is 0.0349 e. The van der Waals surface area contributed by atoms with Gasteiger partial charge >= 0.3 is 0 Å². The highest BCUT2D eigenvalue weighted by Gasteiger charge is 2.05. The summed E-state index contributed by atoms with van der Waals surface area (Å²) in [5, 5.41) is 0. The van der Waals surface area contributed by atoms with Crippen molar-refractivity contribution in [2.24, 2.45) is 0 Å². The van der Waals surface area contributed by atoms with Crippen LogP contribution in [0.5, 0.6) is 0 Å². The Balaban J connectivity index is 2.94. The van der Waals surface area contributed by atoms with Crippen LogP contribution < -0.4 is 5.73 Å². The molecule has 0 radical (unpaired) electrons. The molecule has 0 saturated heterocycles. The van der Waals surface area contributed by atoms with Crippen LogP contribution in [0.2, 0.25) is 0 Å². The van der Waals surface area contributed by atoms with E-state index in [9.17, 15) is 0 Å². The first-order chi connectivity index (χ1) is 6.50. The Labute approximate surface area is 86.7 Å². The first-order valence-corrected chi connectivity index (χ1v) is 5.03. The van der Waals surface area contributed by atoms with Gasteiger partial charge in [0.1, 0.15) is 0 Å². The lowest BCUT2D eigenvalue weighted by Gasteiger charge is -2.14. The number of rotatable bonds is 3. The van der Waals surface area contributed by atoms with E-state index in [0.717, 1.165) is 12.2 Å². The Morgan fingerprint density at radius 2 is 1.93 bits per heavy atom. The van der Waals surface area contributed by atoms with Gasteiger partial charge in [-0.05, 0) is 37.2 Å². The summed E-state index contributed by atoms with van der Waals surface area (Å²) < 4.78 is 0. The zero-order valence-electron chi connectivity index (χ0n) is 9.54. The third-order valence-electron chi connectivity index (χ3n) is 2.27. The molecule has 2 heteroatoms. The molecule has 0 aliphatic carbocycles. The van der Waals surface area contributed by atoms with Gasteiger partial charge < -0.3 is 10.6 Å². The van der Waals surface area contributed by atoms with Gasteiger partial charge in [0.15, 0.2) is 0 Å². The Morgan fingerprint density at radius 3 is 2.43 bits per heavy atom. The van der Waals surface area contributed by atoms with Crippen molar-refractivity contribution in [3.05, 3.63) is 29.3 Å². The molecule has 0 aliphatic rings. The van der Waals surface area contributed by atoms with Crippen LogP contribution in [0.1, 0.15) is 30.9 Å². The van der Waals surface area contributed by atoms with Gasteiger partial charge in [0.25, 0.3) is 0 Å². The van der Waals surface area contributed by atoms with Gasteiger partial charge in [-0.15, -0.1) is 0 Å². The van der Waals surface area contributed by atoms with Crippen LogP contribution in [0.4, 0.5) is 5.69 Å². The molecule has 2 nitrogen and oxygen atoms in total. The number of nitrogen functional groups attached to an aromatic ring is 1. The summed E-state index contributed by atoms with van der Waals surface area (Å²) >= 11 is 0. The topological polar surface area (TPSA) is 29.3 Å². The molecular formula is C12H20N2. The Bertz CT molecular complexity index is 303. The zero-order chi connectivity index (χ0) is 10.7. The molecule has 2 N–H and O–H groups in total. The lowest BCUT2D eigenvalue weighted by molar-refractivity contribution is 0.402. The zero-order valence-corrected chi connectivity index (χ0v) is 9.54. The SMILES string of the molecule is CC(C)c1cc(CN(C)C)ccc1N. The molecule has 0 aromatic heterocycles. The van der Waals surface area contributed by atoms with Crippen LogP contribution in [0.3, 0.4) is 0 Å². The van der Waals surface area contributed by atoms with Crippen molar-refractivity contribution in [3.63, 3.8) is 0 Å². The predicted octanol–water partition coefficient (Wildman–Crippen LogP) is 2.45. The summed E-state index contributed by atoms with van der Waals surface area (Å²) in [6.45, 7) is 5.32. The fourth-order valence-electron chi connectivity index (χ4n) is 1.59. The molecule has 1 aromatic rings. The van der Waals surface area contributed by atoms with Crippen LogP contribution in [0.25, 0.3) is 0 Å². The van der Waals surface area contributed by atoms with Crippen LogP contribution >= 0.6 is 0 Å². The molecular weight excluding hydrogens is 172 g/mol. The highest BCUT2D eigenvalue weighted by molar-refractivity contribution is 5.50. The van der Waals surface area contributed by atoms with Crippen molar-refractivity contribution in [1.29, 1.82) is 0 Å². The summed E-state index contributed by atoms with van der Waals surface area (Å²) in [6, 6.07) is 6.31. The highest BCUT2D eigenvalue weighted by atomic mass is 15.0. The van der Waals surface area contributed by atoms with E-state index in [4.69, 9.17) is 5.73 Å². The van der Waals surface area contributed by atoms with Gasteiger partial charge in [-0.25, -0.2) is 0 Å². The molecule has 0 spiro atoms. The van der Waals surface area contributed by atoms with E-state index in [1.54, 1.807) is 0 Å². The molecule has 0 bridgehead atoms. The van der Waals surface area contributed by atoms with Crippen molar-refractivity contribution in [1.82, 2.24) is 4.90 Å². The average Bonchev–Trinajstić information content (AvgIpc) is 2.07. The fraction of sp³-hybridized carbons (Fsp3) is 0.500. The maximum absolute atomic E-state index is 5.91. The minimum absolute atomic E-state index is 0.497. The summed E-state index contributed by atoms with van der Waals surface area (Å²) in [5.41, 5.74) is 9.39. The Morgan fingerprint density at radius 1 is 1.29 bits per heavy atom. The molecule has 0 saturated carbocycles. The summed E-state index contributed by atoms with van der Waals surface area (Å²) in [7, 11) is 4.15. The summed E-state index contributed by atoms with van der Waals surface area (Å²) in [5.74, 6) is 0.497. The monoisotopic (exact) mass is 192 g/mol. The first kappa shape index (κ1) is 11.1. The van der Waals surface area contributed by atoms with Gasteiger partial charge in [0.05, 0.1) is 0 Å². The lowest BCUT2D eigenvalue weighted by atomic mass is 9.99. The van der Waals surface area contributed by atoms with E-state index >= 15 is 0 Å². The molecule has 78 valence electrons. The predicted molar refractivity (Wildman–Crippen MR) is 62.3 cm³/mol. The molecule has 0 unspecified atom stereocenters. The van der Waals surface area contributed by atoms with Gasteiger partial charge in [0.2, 0.25) is 0 Å². The van der Waals surface area contributed by atoms with Crippen LogP contribution in [-0.4, -0.2) is 19.0 Å². The molecule has 0 heterocycles. The highest BCUT2D eigenvalue weighted by Crippen LogP contribution is 2.23. The smallest absolute Gasteiger partial charge is 0.0349 e. The van der Waals surface area contributed by atoms with E-state index in [-0.39, 0.29) is 0 Å². The second kappa shape index (κ2) is 4.47. The second-order valence-electron chi connectivity index (χ2n) is 4.36. The van der Waals surface area contributed by atoms with Crippen LogP contribution in [0.15, 0.2) is 18.2 Å². The van der Waals surface area contributed by atoms with Crippen molar-refractivity contribution in [2.45, 2.75) is 26.3 Å². The number of nitrogens with zero attached hydrogens (tertiary/aromatic N) is 1. The number of benzene rings is 1. The largest absolute Gasteiger partial charge is 0.398 e. The molecule has 1 aromatic carbocycles. The van der Waals surface area contributed by atoms with E-state index in [2.05, 4.69) is 45.0 Å². The molecule has 14 heavy (non-hydrogen) atoms. The summed E-state index contributed by atoms with van der Waals surface area (Å²) in [4.78, 5) is 2.16. The number of hydrogen-bond donors (Lipinski definition) is 1. The molecule has 0 amide bonds. The Kier molecular flexibility index (Phi) is 3.53. The number of hydrogen-bond acceptors (Lipinski definition) is 2. The summed E-state index contributed by atoms with van der Waals surface area (Å²) in [6.07, 6.45) is 0. The standard InChI is InChI=1S/C12H20N2/c1-9(2)11-7-10(8-14(3)4)5-6-12(11)13/h5-7,9H,8,13H2,1-4H3. The minimum Gasteiger partial charge on any atom is -0.398 e. The third kappa shape index (κ3) is 2.74. The van der Waals surface area contributed by atoms with Gasteiger partial charge in [0, 0.05) is 12.2 Å². The van der Waals surface area contributed by atoms with Gasteiger partial charge in [-0.1, -0.05) is 26.0 Å². The van der Waals surface area contributed by atoms with Crippen molar-refractivity contribution >= 4 is 5.69 Å². The first-order valence-electron chi connectivity index (χ1n) is 5.03. The third-order valence-corrected chi connectivity index (χ3v) is 2.27. The van der Waals surface area contributed by atoms with E-state index in [1.165, 1.54) is 11.1 Å². The van der Waals surface area contributed by atoms with Gasteiger partial charge in [-0.2, -0.15) is 0 Å². The van der Waals surface area contributed by atoms with Crippen LogP contribution in [0, 0.1) is 0 Å². The molecule has 1 rings (SSSR count). The number of nitrogens with two attached hydrogens (primary N) is 1. The van der Waals surface area contributed by atoms with Crippen molar-refractivity contribution in [2.75, 3.05) is 19.8 Å². The fourth-order valence-corrected chi connectivity index (χ4v) is 1.59. The molecule has 0 atom stereocenters. The van der Waals surface area contributed by atoms with Crippen molar-refractivity contribution in [3.8, 4) is 0 Å². The average molecular weight is 192 g/mol. The molecule has 0 fully saturated rings. The molecule has 0 aliphatic heterocycles.